The van der Waals surface area contributed by atoms with Gasteiger partial charge in [-0.05, 0) is 36.1 Å². The molecule has 0 aliphatic carbocycles. The number of benzene rings is 2. The van der Waals surface area contributed by atoms with E-state index >= 15 is 0 Å². The molecule has 3 atom stereocenters. The highest BCUT2D eigenvalue weighted by molar-refractivity contribution is 7.99. The Kier molecular flexibility index (Phi) is 7.44. The zero-order chi connectivity index (χ0) is 22.6. The van der Waals surface area contributed by atoms with Crippen LogP contribution in [0.5, 0.6) is 11.5 Å². The van der Waals surface area contributed by atoms with Crippen LogP contribution in [0.25, 0.3) is 0 Å². The number of aliphatic hydroxyl groups excluding tert-OH is 1. The average molecular weight is 456 g/mol. The van der Waals surface area contributed by atoms with Gasteiger partial charge in [-0.15, -0.1) is 11.8 Å². The number of halogens is 3. The summed E-state index contributed by atoms with van der Waals surface area (Å²) in [4.78, 5) is 0.942. The van der Waals surface area contributed by atoms with Crippen LogP contribution in [-0.4, -0.2) is 42.9 Å². The summed E-state index contributed by atoms with van der Waals surface area (Å²) in [6, 6.07) is 13.2. The number of hydrogen-bond donors (Lipinski definition) is 2. The summed E-state index contributed by atoms with van der Waals surface area (Å²) in [7, 11) is 3.13. The molecule has 0 fully saturated rings. The van der Waals surface area contributed by atoms with Crippen LogP contribution in [-0.2, 0) is 0 Å². The van der Waals surface area contributed by atoms with E-state index in [9.17, 15) is 18.3 Å². The number of rotatable bonds is 7. The molecule has 1 aliphatic rings. The lowest BCUT2D eigenvalue weighted by Gasteiger charge is -2.40. The van der Waals surface area contributed by atoms with Crippen molar-refractivity contribution in [3.8, 4) is 11.5 Å². The number of methoxy groups -OCH3 is 2. The molecule has 0 saturated carbocycles. The van der Waals surface area contributed by atoms with Crippen molar-refractivity contribution in [2.24, 2.45) is 0 Å². The monoisotopic (exact) mass is 455 g/mol. The Hall–Kier alpha value is -1.90. The van der Waals surface area contributed by atoms with Gasteiger partial charge >= 0.3 is 6.18 Å². The molecule has 0 radical (unpaired) electrons. The number of aliphatic hydroxyl groups is 1. The molecule has 0 saturated heterocycles. The van der Waals surface area contributed by atoms with Gasteiger partial charge in [0, 0.05) is 17.1 Å². The van der Waals surface area contributed by atoms with E-state index in [-0.39, 0.29) is 12.5 Å². The lowest BCUT2D eigenvalue weighted by atomic mass is 9.85. The Morgan fingerprint density at radius 2 is 1.81 bits per heavy atom. The van der Waals surface area contributed by atoms with Gasteiger partial charge < -0.3 is 14.6 Å². The van der Waals surface area contributed by atoms with E-state index in [1.165, 1.54) is 11.8 Å². The van der Waals surface area contributed by atoms with Crippen molar-refractivity contribution in [3.05, 3.63) is 53.6 Å². The highest BCUT2D eigenvalue weighted by atomic mass is 32.2. The third-order valence-corrected chi connectivity index (χ3v) is 7.17. The SMILES string of the molecule is CCC1(C(O)CCC(F)(F)F)CSc2cc(OC)c(OC)cc2C(c2ccccc2)N1. The van der Waals surface area contributed by atoms with Gasteiger partial charge in [-0.25, -0.2) is 0 Å². The lowest BCUT2D eigenvalue weighted by Crippen LogP contribution is -2.57. The molecular weight excluding hydrogens is 427 g/mol. The second-order valence-corrected chi connectivity index (χ2v) is 8.72. The van der Waals surface area contributed by atoms with Gasteiger partial charge in [-0.2, -0.15) is 13.2 Å². The van der Waals surface area contributed by atoms with Gasteiger partial charge in [0.15, 0.2) is 11.5 Å². The Morgan fingerprint density at radius 3 is 2.39 bits per heavy atom. The molecule has 31 heavy (non-hydrogen) atoms. The van der Waals surface area contributed by atoms with Gasteiger partial charge in [-0.1, -0.05) is 37.3 Å². The first-order valence-corrected chi connectivity index (χ1v) is 11.2. The van der Waals surface area contributed by atoms with E-state index < -0.39 is 24.2 Å². The summed E-state index contributed by atoms with van der Waals surface area (Å²) in [5.74, 6) is 1.59. The second-order valence-electron chi connectivity index (χ2n) is 7.70. The highest BCUT2D eigenvalue weighted by Gasteiger charge is 2.43. The molecule has 0 bridgehead atoms. The lowest BCUT2D eigenvalue weighted by molar-refractivity contribution is -0.142. The highest BCUT2D eigenvalue weighted by Crippen LogP contribution is 2.45. The molecule has 170 valence electrons. The van der Waals surface area contributed by atoms with Crippen LogP contribution >= 0.6 is 11.8 Å². The number of nitrogens with one attached hydrogen (secondary N) is 1. The number of alkyl halides is 3. The van der Waals surface area contributed by atoms with Crippen molar-refractivity contribution in [2.45, 2.75) is 54.9 Å². The minimum atomic E-state index is -4.31. The maximum Gasteiger partial charge on any atom is 0.389 e. The third kappa shape index (κ3) is 5.30. The molecule has 0 spiro atoms. The molecule has 1 heterocycles. The van der Waals surface area contributed by atoms with Crippen molar-refractivity contribution in [2.75, 3.05) is 20.0 Å². The van der Waals surface area contributed by atoms with E-state index in [2.05, 4.69) is 5.32 Å². The Morgan fingerprint density at radius 1 is 1.16 bits per heavy atom. The Balaban J connectivity index is 2.06. The summed E-state index contributed by atoms with van der Waals surface area (Å²) in [5, 5.41) is 14.5. The van der Waals surface area contributed by atoms with Crippen molar-refractivity contribution >= 4 is 11.8 Å². The second kappa shape index (κ2) is 9.71. The van der Waals surface area contributed by atoms with E-state index in [0.717, 1.165) is 16.0 Å². The van der Waals surface area contributed by atoms with Gasteiger partial charge in [0.1, 0.15) is 0 Å². The number of hydrogen-bond acceptors (Lipinski definition) is 5. The van der Waals surface area contributed by atoms with Crippen LogP contribution in [0, 0.1) is 0 Å². The van der Waals surface area contributed by atoms with Crippen LogP contribution in [0.3, 0.4) is 0 Å². The molecule has 2 aromatic rings. The fourth-order valence-electron chi connectivity index (χ4n) is 3.96. The Bertz CT molecular complexity index is 878. The molecule has 0 amide bonds. The topological polar surface area (TPSA) is 50.7 Å². The number of ether oxygens (including phenoxy) is 2. The zero-order valence-corrected chi connectivity index (χ0v) is 18.6. The van der Waals surface area contributed by atoms with E-state index in [1.54, 1.807) is 14.2 Å². The van der Waals surface area contributed by atoms with Crippen molar-refractivity contribution in [1.82, 2.24) is 5.32 Å². The van der Waals surface area contributed by atoms with Gasteiger partial charge in [0.25, 0.3) is 0 Å². The number of thioether (sulfide) groups is 1. The molecule has 0 aromatic heterocycles. The number of fused-ring (bicyclic) bond motifs is 1. The first-order valence-electron chi connectivity index (χ1n) is 10.2. The smallest absolute Gasteiger partial charge is 0.389 e. The van der Waals surface area contributed by atoms with E-state index in [4.69, 9.17) is 9.47 Å². The molecule has 4 nitrogen and oxygen atoms in total. The molecular formula is C23H28F3NO3S. The van der Waals surface area contributed by atoms with Gasteiger partial charge in [0.05, 0.1) is 31.9 Å². The molecule has 3 rings (SSSR count). The zero-order valence-electron chi connectivity index (χ0n) is 17.8. The maximum absolute atomic E-state index is 12.9. The molecule has 3 unspecified atom stereocenters. The van der Waals surface area contributed by atoms with Crippen molar-refractivity contribution in [1.29, 1.82) is 0 Å². The minimum Gasteiger partial charge on any atom is -0.493 e. The fraction of sp³-hybridized carbons (Fsp3) is 0.478. The van der Waals surface area contributed by atoms with Gasteiger partial charge in [0.2, 0.25) is 0 Å². The molecule has 2 N–H and O–H groups in total. The van der Waals surface area contributed by atoms with Crippen LogP contribution in [0.2, 0.25) is 0 Å². The van der Waals surface area contributed by atoms with Crippen molar-refractivity contribution < 1.29 is 27.8 Å². The summed E-state index contributed by atoms with van der Waals surface area (Å²) in [6.45, 7) is 1.89. The van der Waals surface area contributed by atoms with Crippen LogP contribution < -0.4 is 14.8 Å². The van der Waals surface area contributed by atoms with E-state index in [0.29, 0.717) is 23.7 Å². The average Bonchev–Trinajstić information content (AvgIpc) is 2.94. The summed E-state index contributed by atoms with van der Waals surface area (Å²) in [6.07, 6.45) is -6.36. The van der Waals surface area contributed by atoms with Gasteiger partial charge in [-0.3, -0.25) is 5.32 Å². The van der Waals surface area contributed by atoms with Crippen LogP contribution in [0.15, 0.2) is 47.4 Å². The molecule has 1 aliphatic heterocycles. The van der Waals surface area contributed by atoms with Crippen LogP contribution in [0.4, 0.5) is 13.2 Å². The standard InChI is InChI=1S/C23H28F3NO3S/c1-4-22(20(28)10-11-23(24,25)26)14-31-19-13-18(30-3)17(29-2)12-16(19)21(27-22)15-8-6-5-7-9-15/h5-9,12-13,20-21,27-28H,4,10-11,14H2,1-3H3. The maximum atomic E-state index is 12.9. The third-order valence-electron chi connectivity index (χ3n) is 5.85. The van der Waals surface area contributed by atoms with E-state index in [1.807, 2.05) is 49.4 Å². The molecule has 8 heteroatoms. The van der Waals surface area contributed by atoms with Crippen molar-refractivity contribution in [3.63, 3.8) is 0 Å². The first-order chi connectivity index (χ1) is 14.7. The summed E-state index contributed by atoms with van der Waals surface area (Å²) >= 11 is 1.51. The normalized spacial score (nSPS) is 22.4. The molecule has 2 aromatic carbocycles. The predicted molar refractivity (Wildman–Crippen MR) is 116 cm³/mol. The summed E-state index contributed by atoms with van der Waals surface area (Å²) < 4.78 is 49.5. The first kappa shape index (κ1) is 23.8. The fourth-order valence-corrected chi connectivity index (χ4v) is 5.38. The Labute approximate surface area is 185 Å². The minimum absolute atomic E-state index is 0.327. The quantitative estimate of drug-likeness (QED) is 0.590. The summed E-state index contributed by atoms with van der Waals surface area (Å²) in [5.41, 5.74) is 1.00. The predicted octanol–water partition coefficient (Wildman–Crippen LogP) is 5.34. The van der Waals surface area contributed by atoms with Crippen LogP contribution in [0.1, 0.15) is 43.4 Å². The largest absolute Gasteiger partial charge is 0.493 e.